The fourth-order valence-electron chi connectivity index (χ4n) is 3.10. The molecule has 3 aromatic rings. The summed E-state index contributed by atoms with van der Waals surface area (Å²) in [6.45, 7) is 5.17. The lowest BCUT2D eigenvalue weighted by atomic mass is 10.1. The molecule has 4 heteroatoms. The SMILES string of the molecule is Cc1cc2ccccc2cc1N=CCCCc1ccc(OC(C)(C)C(=O)O)cc1. The first-order valence-corrected chi connectivity index (χ1v) is 9.88. The second kappa shape index (κ2) is 8.91. The monoisotopic (exact) mass is 389 g/mol. The van der Waals surface area contributed by atoms with Crippen molar-refractivity contribution in [3.8, 4) is 5.75 Å². The summed E-state index contributed by atoms with van der Waals surface area (Å²) >= 11 is 0. The zero-order valence-corrected chi connectivity index (χ0v) is 17.2. The Morgan fingerprint density at radius 2 is 1.72 bits per heavy atom. The third-order valence-electron chi connectivity index (χ3n) is 4.90. The maximum atomic E-state index is 11.1. The minimum Gasteiger partial charge on any atom is -0.478 e. The number of aliphatic imine (C=N–C) groups is 1. The van der Waals surface area contributed by atoms with Crippen molar-refractivity contribution in [2.45, 2.75) is 45.6 Å². The van der Waals surface area contributed by atoms with E-state index in [1.807, 2.05) is 36.5 Å². The maximum Gasteiger partial charge on any atom is 0.347 e. The van der Waals surface area contributed by atoms with Gasteiger partial charge in [-0.3, -0.25) is 4.99 Å². The van der Waals surface area contributed by atoms with Crippen LogP contribution in [0, 0.1) is 6.92 Å². The summed E-state index contributed by atoms with van der Waals surface area (Å²) in [4.78, 5) is 15.8. The molecule has 0 aliphatic carbocycles. The molecule has 0 heterocycles. The largest absolute Gasteiger partial charge is 0.478 e. The summed E-state index contributed by atoms with van der Waals surface area (Å²) in [6, 6.07) is 20.3. The number of nitrogens with zero attached hydrogens (tertiary/aromatic N) is 1. The van der Waals surface area contributed by atoms with Crippen molar-refractivity contribution in [1.82, 2.24) is 0 Å². The minimum absolute atomic E-state index is 0.564. The molecular weight excluding hydrogens is 362 g/mol. The van der Waals surface area contributed by atoms with Crippen LogP contribution < -0.4 is 4.74 Å². The highest BCUT2D eigenvalue weighted by Crippen LogP contribution is 2.25. The van der Waals surface area contributed by atoms with Crippen molar-refractivity contribution >= 4 is 28.6 Å². The molecule has 3 rings (SSSR count). The standard InChI is InChI=1S/C25H27NO3/c1-18-16-20-9-4-5-10-21(20)17-23(18)26-15-7-6-8-19-11-13-22(14-12-19)29-25(2,3)24(27)28/h4-5,9-17H,6-8H2,1-3H3,(H,27,28). The van der Waals surface area contributed by atoms with Gasteiger partial charge >= 0.3 is 5.97 Å². The fraction of sp³-hybridized carbons (Fsp3) is 0.280. The number of hydrogen-bond donors (Lipinski definition) is 1. The van der Waals surface area contributed by atoms with Crippen LogP contribution in [0.4, 0.5) is 5.69 Å². The van der Waals surface area contributed by atoms with Gasteiger partial charge in [-0.25, -0.2) is 4.79 Å². The molecule has 0 aliphatic rings. The summed E-state index contributed by atoms with van der Waals surface area (Å²) < 4.78 is 5.53. The van der Waals surface area contributed by atoms with Crippen molar-refractivity contribution in [3.05, 3.63) is 71.8 Å². The van der Waals surface area contributed by atoms with Gasteiger partial charge in [0.15, 0.2) is 5.60 Å². The molecule has 0 amide bonds. The predicted molar refractivity (Wildman–Crippen MR) is 119 cm³/mol. The van der Waals surface area contributed by atoms with Gasteiger partial charge in [0.05, 0.1) is 5.69 Å². The van der Waals surface area contributed by atoms with Crippen LogP contribution in [-0.2, 0) is 11.2 Å². The van der Waals surface area contributed by atoms with E-state index in [9.17, 15) is 4.79 Å². The van der Waals surface area contributed by atoms with Crippen LogP contribution in [0.1, 0.15) is 37.8 Å². The molecule has 0 saturated carbocycles. The topological polar surface area (TPSA) is 58.9 Å². The third kappa shape index (κ3) is 5.44. The van der Waals surface area contributed by atoms with Crippen LogP contribution in [0.25, 0.3) is 10.8 Å². The van der Waals surface area contributed by atoms with Gasteiger partial charge in [0, 0.05) is 6.21 Å². The lowest BCUT2D eigenvalue weighted by Gasteiger charge is -2.21. The molecule has 29 heavy (non-hydrogen) atoms. The molecule has 0 fully saturated rings. The average Bonchev–Trinajstić information content (AvgIpc) is 2.69. The number of aryl methyl sites for hydroxylation is 2. The number of benzene rings is 3. The number of unbranched alkanes of at least 4 members (excludes halogenated alkanes) is 1. The maximum absolute atomic E-state index is 11.1. The first kappa shape index (κ1) is 20.6. The van der Waals surface area contributed by atoms with Gasteiger partial charge in [-0.05, 0) is 86.2 Å². The van der Waals surface area contributed by atoms with Gasteiger partial charge in [-0.1, -0.05) is 36.4 Å². The van der Waals surface area contributed by atoms with Crippen molar-refractivity contribution in [2.75, 3.05) is 0 Å². The predicted octanol–water partition coefficient (Wildman–Crippen LogP) is 6.12. The average molecular weight is 389 g/mol. The van der Waals surface area contributed by atoms with E-state index < -0.39 is 11.6 Å². The number of fused-ring (bicyclic) bond motifs is 1. The summed E-state index contributed by atoms with van der Waals surface area (Å²) in [6.07, 6.45) is 4.82. The summed E-state index contributed by atoms with van der Waals surface area (Å²) in [7, 11) is 0. The van der Waals surface area contributed by atoms with E-state index in [2.05, 4.69) is 42.2 Å². The van der Waals surface area contributed by atoms with Crippen LogP contribution in [0.5, 0.6) is 5.75 Å². The van der Waals surface area contributed by atoms with Gasteiger partial charge in [-0.15, -0.1) is 0 Å². The smallest absolute Gasteiger partial charge is 0.347 e. The van der Waals surface area contributed by atoms with Gasteiger partial charge in [0.25, 0.3) is 0 Å². The fourth-order valence-corrected chi connectivity index (χ4v) is 3.10. The van der Waals surface area contributed by atoms with Crippen LogP contribution in [-0.4, -0.2) is 22.9 Å². The summed E-state index contributed by atoms with van der Waals surface area (Å²) in [5.41, 5.74) is 2.16. The highest BCUT2D eigenvalue weighted by molar-refractivity contribution is 5.87. The van der Waals surface area contributed by atoms with Crippen LogP contribution in [0.3, 0.4) is 0 Å². The van der Waals surface area contributed by atoms with E-state index >= 15 is 0 Å². The van der Waals surface area contributed by atoms with Crippen molar-refractivity contribution in [3.63, 3.8) is 0 Å². The Morgan fingerprint density at radius 3 is 2.38 bits per heavy atom. The Labute approximate surface area is 171 Å². The van der Waals surface area contributed by atoms with E-state index in [-0.39, 0.29) is 0 Å². The molecule has 0 spiro atoms. The molecule has 0 radical (unpaired) electrons. The number of aliphatic carboxylic acids is 1. The van der Waals surface area contributed by atoms with Crippen LogP contribution in [0.2, 0.25) is 0 Å². The Hall–Kier alpha value is -3.14. The number of carbonyl (C=O) groups is 1. The molecule has 4 nitrogen and oxygen atoms in total. The van der Waals surface area contributed by atoms with Crippen LogP contribution in [0.15, 0.2) is 65.7 Å². The molecule has 0 bridgehead atoms. The number of rotatable bonds is 8. The van der Waals surface area contributed by atoms with Crippen molar-refractivity contribution in [2.24, 2.45) is 4.99 Å². The number of hydrogen-bond acceptors (Lipinski definition) is 3. The van der Waals surface area contributed by atoms with E-state index in [4.69, 9.17) is 9.84 Å². The van der Waals surface area contributed by atoms with Crippen molar-refractivity contribution in [1.29, 1.82) is 0 Å². The Balaban J connectivity index is 1.51. The van der Waals surface area contributed by atoms with Gasteiger partial charge in [0.1, 0.15) is 5.75 Å². The molecule has 0 aromatic heterocycles. The summed E-state index contributed by atoms with van der Waals surface area (Å²) in [5, 5.41) is 11.6. The van der Waals surface area contributed by atoms with Gasteiger partial charge in [0.2, 0.25) is 0 Å². The number of carboxylic acid groups (broad SMARTS) is 1. The quantitative estimate of drug-likeness (QED) is 0.373. The van der Waals surface area contributed by atoms with E-state index in [1.165, 1.54) is 21.9 Å². The molecule has 3 aromatic carbocycles. The van der Waals surface area contributed by atoms with Crippen LogP contribution >= 0.6 is 0 Å². The summed E-state index contributed by atoms with van der Waals surface area (Å²) in [5.74, 6) is -0.419. The lowest BCUT2D eigenvalue weighted by molar-refractivity contribution is -0.152. The highest BCUT2D eigenvalue weighted by Gasteiger charge is 2.29. The molecule has 1 N–H and O–H groups in total. The van der Waals surface area contributed by atoms with Crippen molar-refractivity contribution < 1.29 is 14.6 Å². The zero-order valence-electron chi connectivity index (χ0n) is 17.2. The number of carboxylic acids is 1. The van der Waals surface area contributed by atoms with Gasteiger partial charge < -0.3 is 9.84 Å². The minimum atomic E-state index is -1.24. The molecule has 0 unspecified atom stereocenters. The molecule has 0 atom stereocenters. The molecule has 0 saturated heterocycles. The van der Waals surface area contributed by atoms with E-state index in [1.54, 1.807) is 13.8 Å². The van der Waals surface area contributed by atoms with E-state index in [0.29, 0.717) is 5.75 Å². The Bertz CT molecular complexity index is 1020. The second-order valence-corrected chi connectivity index (χ2v) is 7.75. The zero-order chi connectivity index (χ0) is 20.9. The second-order valence-electron chi connectivity index (χ2n) is 7.75. The van der Waals surface area contributed by atoms with Gasteiger partial charge in [-0.2, -0.15) is 0 Å². The molecule has 0 aliphatic heterocycles. The normalized spacial score (nSPS) is 11.8. The number of ether oxygens (including phenoxy) is 1. The first-order valence-electron chi connectivity index (χ1n) is 9.88. The Morgan fingerprint density at radius 1 is 1.07 bits per heavy atom. The van der Waals surface area contributed by atoms with E-state index in [0.717, 1.165) is 24.9 Å². The Kier molecular flexibility index (Phi) is 6.32. The lowest BCUT2D eigenvalue weighted by Crippen LogP contribution is -2.37. The highest BCUT2D eigenvalue weighted by atomic mass is 16.5. The molecule has 150 valence electrons. The molecular formula is C25H27NO3. The first-order chi connectivity index (χ1) is 13.8. The third-order valence-corrected chi connectivity index (χ3v) is 4.90.